The molecule has 2 amide bonds. The number of pyridine rings is 1. The molecule has 0 radical (unpaired) electrons. The molecule has 1 aromatic heterocycles. The molecular formula is C25H29ClFN5O. The van der Waals surface area contributed by atoms with Crippen LogP contribution in [0.5, 0.6) is 0 Å². The summed E-state index contributed by atoms with van der Waals surface area (Å²) in [6.45, 7) is 0.489. The molecule has 1 heterocycles. The summed E-state index contributed by atoms with van der Waals surface area (Å²) in [6, 6.07) is 14.2. The molecule has 0 bridgehead atoms. The van der Waals surface area contributed by atoms with Gasteiger partial charge in [0, 0.05) is 49.5 Å². The molecule has 6 nitrogen and oxygen atoms in total. The molecule has 3 N–H and O–H groups in total. The second-order valence-corrected chi connectivity index (χ2v) is 9.25. The van der Waals surface area contributed by atoms with Crippen molar-refractivity contribution in [3.05, 3.63) is 59.4 Å². The largest absolute Gasteiger partial charge is 0.377 e. The van der Waals surface area contributed by atoms with E-state index in [0.717, 1.165) is 48.1 Å². The summed E-state index contributed by atoms with van der Waals surface area (Å²) in [7, 11) is 4.07. The zero-order chi connectivity index (χ0) is 23.5. The first-order valence-electron chi connectivity index (χ1n) is 11.2. The van der Waals surface area contributed by atoms with Gasteiger partial charge in [-0.1, -0.05) is 29.8 Å². The number of benzene rings is 2. The van der Waals surface area contributed by atoms with Gasteiger partial charge in [0.25, 0.3) is 0 Å². The Morgan fingerprint density at radius 1 is 1.15 bits per heavy atom. The van der Waals surface area contributed by atoms with E-state index in [-0.39, 0.29) is 5.02 Å². The number of carbonyl (C=O) groups excluding carboxylic acids is 1. The quantitative estimate of drug-likeness (QED) is 0.489. The van der Waals surface area contributed by atoms with Crippen LogP contribution in [0.2, 0.25) is 5.02 Å². The first-order chi connectivity index (χ1) is 15.8. The highest BCUT2D eigenvalue weighted by Crippen LogP contribution is 2.32. The minimum Gasteiger partial charge on any atom is -0.377 e. The molecule has 0 atom stereocenters. The molecule has 1 saturated carbocycles. The van der Waals surface area contributed by atoms with Crippen molar-refractivity contribution in [2.24, 2.45) is 11.7 Å². The number of hydrogen-bond donors (Lipinski definition) is 2. The molecule has 0 spiro atoms. The van der Waals surface area contributed by atoms with E-state index >= 15 is 0 Å². The third-order valence-electron chi connectivity index (χ3n) is 6.30. The molecule has 1 aliphatic carbocycles. The van der Waals surface area contributed by atoms with E-state index in [1.165, 1.54) is 23.1 Å². The van der Waals surface area contributed by atoms with Crippen LogP contribution in [-0.4, -0.2) is 37.7 Å². The molecule has 4 rings (SSSR count). The third-order valence-corrected chi connectivity index (χ3v) is 6.59. The zero-order valence-electron chi connectivity index (χ0n) is 18.9. The normalized spacial score (nSPS) is 18.2. The highest BCUT2D eigenvalue weighted by Gasteiger charge is 2.26. The molecule has 3 aromatic rings. The number of aromatic nitrogens is 1. The molecular weight excluding hydrogens is 441 g/mol. The van der Waals surface area contributed by atoms with Crippen LogP contribution in [0.15, 0.2) is 48.5 Å². The minimum absolute atomic E-state index is 0.0216. The van der Waals surface area contributed by atoms with Gasteiger partial charge in [0.1, 0.15) is 11.6 Å². The van der Waals surface area contributed by atoms with Gasteiger partial charge in [-0.25, -0.2) is 14.2 Å². The van der Waals surface area contributed by atoms with Crippen LogP contribution in [0.1, 0.15) is 25.7 Å². The molecule has 0 aliphatic heterocycles. The number of nitrogens with two attached hydrogens (primary N) is 1. The number of rotatable bonds is 6. The number of amides is 2. The fraction of sp³-hybridized carbons (Fsp3) is 0.360. The number of hydrogen-bond acceptors (Lipinski definition) is 4. The Labute approximate surface area is 198 Å². The van der Waals surface area contributed by atoms with Crippen molar-refractivity contribution >= 4 is 45.7 Å². The van der Waals surface area contributed by atoms with Gasteiger partial charge in [-0.15, -0.1) is 0 Å². The summed E-state index contributed by atoms with van der Waals surface area (Å²) in [5, 5.41) is 4.72. The maximum atomic E-state index is 13.5. The van der Waals surface area contributed by atoms with Gasteiger partial charge >= 0.3 is 6.03 Å². The molecule has 1 fully saturated rings. The lowest BCUT2D eigenvalue weighted by molar-refractivity contribution is 0.250. The van der Waals surface area contributed by atoms with Gasteiger partial charge in [-0.05, 0) is 55.9 Å². The van der Waals surface area contributed by atoms with Gasteiger partial charge in [-0.3, -0.25) is 4.90 Å². The Hall–Kier alpha value is -3.06. The molecule has 0 unspecified atom stereocenters. The van der Waals surface area contributed by atoms with Crippen LogP contribution in [0.4, 0.5) is 26.4 Å². The first kappa shape index (κ1) is 23.1. The number of anilines is 3. The van der Waals surface area contributed by atoms with E-state index in [9.17, 15) is 9.18 Å². The van der Waals surface area contributed by atoms with E-state index in [0.29, 0.717) is 24.2 Å². The van der Waals surface area contributed by atoms with E-state index in [1.807, 2.05) is 32.3 Å². The van der Waals surface area contributed by atoms with Crippen molar-refractivity contribution in [2.75, 3.05) is 35.8 Å². The number of primary amides is 1. The zero-order valence-corrected chi connectivity index (χ0v) is 19.6. The maximum Gasteiger partial charge on any atom is 0.319 e. The van der Waals surface area contributed by atoms with Crippen LogP contribution in [0.25, 0.3) is 10.9 Å². The minimum atomic E-state index is -0.561. The Kier molecular flexibility index (Phi) is 6.88. The topological polar surface area (TPSA) is 74.5 Å². The van der Waals surface area contributed by atoms with E-state index < -0.39 is 11.8 Å². The van der Waals surface area contributed by atoms with Crippen molar-refractivity contribution in [3.63, 3.8) is 0 Å². The van der Waals surface area contributed by atoms with E-state index in [4.69, 9.17) is 22.3 Å². The SMILES string of the molecule is CN(C)c1cc(N[C@H]2CC[C@@H](CN(C(N)=O)c3ccc(F)c(Cl)c3)CC2)nc2ccccc12. The lowest BCUT2D eigenvalue weighted by atomic mass is 9.85. The fourth-order valence-corrected chi connectivity index (χ4v) is 4.71. The number of carbonyl (C=O) groups is 1. The average Bonchev–Trinajstić information content (AvgIpc) is 2.79. The van der Waals surface area contributed by atoms with Gasteiger partial charge in [0.05, 0.1) is 10.5 Å². The van der Waals surface area contributed by atoms with Crippen molar-refractivity contribution in [2.45, 2.75) is 31.7 Å². The standard InChI is InChI=1S/C25H29ClFN5O/c1-31(2)23-14-24(30-22-6-4-3-5-19(22)23)29-17-9-7-16(8-10-17)15-32(25(28)33)18-11-12-21(27)20(26)13-18/h3-6,11-14,16-17H,7-10,15H2,1-2H3,(H2,28,33)(H,29,30)/t16-,17+. The molecule has 2 aromatic carbocycles. The fourth-order valence-electron chi connectivity index (χ4n) is 4.53. The van der Waals surface area contributed by atoms with Gasteiger partial charge in [-0.2, -0.15) is 0 Å². The smallest absolute Gasteiger partial charge is 0.319 e. The number of urea groups is 1. The second kappa shape index (κ2) is 9.83. The van der Waals surface area contributed by atoms with Crippen LogP contribution >= 0.6 is 11.6 Å². The van der Waals surface area contributed by atoms with Crippen LogP contribution in [-0.2, 0) is 0 Å². The monoisotopic (exact) mass is 469 g/mol. The highest BCUT2D eigenvalue weighted by atomic mass is 35.5. The predicted molar refractivity (Wildman–Crippen MR) is 134 cm³/mol. The lowest BCUT2D eigenvalue weighted by Crippen LogP contribution is -2.41. The lowest BCUT2D eigenvalue weighted by Gasteiger charge is -2.33. The maximum absolute atomic E-state index is 13.5. The second-order valence-electron chi connectivity index (χ2n) is 8.85. The van der Waals surface area contributed by atoms with Gasteiger partial charge < -0.3 is 16.0 Å². The summed E-state index contributed by atoms with van der Waals surface area (Å²) >= 11 is 5.90. The first-order valence-corrected chi connectivity index (χ1v) is 11.6. The third kappa shape index (κ3) is 5.30. The van der Waals surface area contributed by atoms with Crippen LogP contribution in [0, 0.1) is 11.7 Å². The van der Waals surface area contributed by atoms with E-state index in [2.05, 4.69) is 22.3 Å². The van der Waals surface area contributed by atoms with Crippen molar-refractivity contribution in [3.8, 4) is 0 Å². The molecule has 33 heavy (non-hydrogen) atoms. The molecule has 8 heteroatoms. The number of halogens is 2. The summed E-state index contributed by atoms with van der Waals surface area (Å²) < 4.78 is 13.5. The molecule has 0 saturated heterocycles. The average molecular weight is 470 g/mol. The number of nitrogens with one attached hydrogen (secondary N) is 1. The predicted octanol–water partition coefficient (Wildman–Crippen LogP) is 5.65. The number of fused-ring (bicyclic) bond motifs is 1. The summed E-state index contributed by atoms with van der Waals surface area (Å²) in [5.41, 5.74) is 8.23. The molecule has 174 valence electrons. The Morgan fingerprint density at radius 2 is 1.88 bits per heavy atom. The van der Waals surface area contributed by atoms with Gasteiger partial charge in [0.2, 0.25) is 0 Å². The van der Waals surface area contributed by atoms with Crippen molar-refractivity contribution in [1.29, 1.82) is 0 Å². The highest BCUT2D eigenvalue weighted by molar-refractivity contribution is 6.31. The van der Waals surface area contributed by atoms with Gasteiger partial charge in [0.15, 0.2) is 0 Å². The van der Waals surface area contributed by atoms with Crippen LogP contribution in [0.3, 0.4) is 0 Å². The van der Waals surface area contributed by atoms with Crippen LogP contribution < -0.4 is 20.9 Å². The Balaban J connectivity index is 1.40. The van der Waals surface area contributed by atoms with E-state index in [1.54, 1.807) is 0 Å². The number of nitrogens with zero attached hydrogens (tertiary/aromatic N) is 3. The Bertz CT molecular complexity index is 1150. The van der Waals surface area contributed by atoms with Crippen molar-refractivity contribution in [1.82, 2.24) is 4.98 Å². The van der Waals surface area contributed by atoms with Crippen molar-refractivity contribution < 1.29 is 9.18 Å². The Morgan fingerprint density at radius 3 is 2.55 bits per heavy atom. The summed E-state index contributed by atoms with van der Waals surface area (Å²) in [6.07, 6.45) is 3.83. The summed E-state index contributed by atoms with van der Waals surface area (Å²) in [4.78, 5) is 20.5. The summed E-state index contributed by atoms with van der Waals surface area (Å²) in [5.74, 6) is 0.665. The molecule has 1 aliphatic rings. The number of para-hydroxylation sites is 1.